The minimum Gasteiger partial charge on any atom is -0.491 e. The minimum atomic E-state index is -0.184. The molecular formula is C28H30N4O4S. The van der Waals surface area contributed by atoms with Crippen LogP contribution in [0.15, 0.2) is 47.8 Å². The average Bonchev–Trinajstić information content (AvgIpc) is 3.55. The van der Waals surface area contributed by atoms with E-state index in [0.29, 0.717) is 28.7 Å². The number of carbonyl (C=O) groups is 1. The van der Waals surface area contributed by atoms with Crippen molar-refractivity contribution < 1.29 is 19.0 Å². The van der Waals surface area contributed by atoms with Gasteiger partial charge in [0, 0.05) is 30.6 Å². The Morgan fingerprint density at radius 2 is 2.03 bits per heavy atom. The van der Waals surface area contributed by atoms with Crippen molar-refractivity contribution in [3.05, 3.63) is 69.5 Å². The number of nitrogens with zero attached hydrogens (tertiary/aromatic N) is 2. The van der Waals surface area contributed by atoms with Crippen LogP contribution in [-0.2, 0) is 4.74 Å². The van der Waals surface area contributed by atoms with Crippen LogP contribution in [0.2, 0.25) is 0 Å². The van der Waals surface area contributed by atoms with E-state index in [9.17, 15) is 4.79 Å². The molecule has 0 unspecified atom stereocenters. The molecule has 0 atom stereocenters. The van der Waals surface area contributed by atoms with Gasteiger partial charge in [0.1, 0.15) is 6.61 Å². The molecule has 1 saturated heterocycles. The molecule has 1 fully saturated rings. The molecule has 5 rings (SSSR count). The Morgan fingerprint density at radius 1 is 1.19 bits per heavy atom. The molecule has 1 aliphatic heterocycles. The highest BCUT2D eigenvalue weighted by molar-refractivity contribution is 7.12. The summed E-state index contributed by atoms with van der Waals surface area (Å²) in [7, 11) is 1.59. The number of rotatable bonds is 9. The van der Waals surface area contributed by atoms with Gasteiger partial charge in [-0.1, -0.05) is 24.3 Å². The topological polar surface area (TPSA) is 88.7 Å². The van der Waals surface area contributed by atoms with E-state index in [-0.39, 0.29) is 5.91 Å². The molecule has 0 radical (unpaired) electrons. The van der Waals surface area contributed by atoms with Crippen molar-refractivity contribution in [2.45, 2.75) is 6.92 Å². The number of aromatic amines is 1. The highest BCUT2D eigenvalue weighted by Gasteiger charge is 2.20. The lowest BCUT2D eigenvalue weighted by molar-refractivity contribution is 0.0321. The van der Waals surface area contributed by atoms with Crippen LogP contribution in [0, 0.1) is 6.92 Å². The van der Waals surface area contributed by atoms with Gasteiger partial charge in [-0.25, -0.2) is 0 Å². The molecule has 0 aliphatic carbocycles. The lowest BCUT2D eigenvalue weighted by Crippen LogP contribution is -2.38. The lowest BCUT2D eigenvalue weighted by Gasteiger charge is -2.26. The summed E-state index contributed by atoms with van der Waals surface area (Å²) in [4.78, 5) is 16.2. The number of ether oxygens (including phenoxy) is 3. The summed E-state index contributed by atoms with van der Waals surface area (Å²) in [6.07, 6.45) is 3.86. The number of hydrogen-bond donors (Lipinski definition) is 2. The van der Waals surface area contributed by atoms with E-state index in [0.717, 1.165) is 60.6 Å². The molecule has 0 spiro atoms. The zero-order valence-corrected chi connectivity index (χ0v) is 21.8. The third kappa shape index (κ3) is 5.69. The van der Waals surface area contributed by atoms with Crippen LogP contribution in [0.1, 0.15) is 26.5 Å². The number of para-hydroxylation sites is 1. The Morgan fingerprint density at radius 3 is 2.81 bits per heavy atom. The molecule has 2 aromatic carbocycles. The van der Waals surface area contributed by atoms with Crippen molar-refractivity contribution in [2.24, 2.45) is 0 Å². The predicted molar refractivity (Wildman–Crippen MR) is 148 cm³/mol. The van der Waals surface area contributed by atoms with Crippen LogP contribution in [0.5, 0.6) is 11.5 Å². The van der Waals surface area contributed by atoms with Gasteiger partial charge in [-0.15, -0.1) is 11.3 Å². The van der Waals surface area contributed by atoms with E-state index < -0.39 is 0 Å². The Hall–Kier alpha value is -3.66. The van der Waals surface area contributed by atoms with Crippen LogP contribution in [0.4, 0.5) is 5.69 Å². The van der Waals surface area contributed by atoms with Gasteiger partial charge >= 0.3 is 0 Å². The van der Waals surface area contributed by atoms with E-state index in [1.54, 1.807) is 7.11 Å². The number of benzene rings is 2. The molecule has 2 aromatic heterocycles. The first kappa shape index (κ1) is 25.0. The van der Waals surface area contributed by atoms with Gasteiger partial charge in [0.05, 0.1) is 42.1 Å². The number of anilines is 1. The first-order valence-corrected chi connectivity index (χ1v) is 13.1. The molecule has 37 heavy (non-hydrogen) atoms. The second kappa shape index (κ2) is 11.6. The smallest absolute Gasteiger partial charge is 0.266 e. The predicted octanol–water partition coefficient (Wildman–Crippen LogP) is 5.08. The number of morpholine rings is 1. The van der Waals surface area contributed by atoms with Crippen molar-refractivity contribution in [3.8, 4) is 11.5 Å². The van der Waals surface area contributed by atoms with Gasteiger partial charge in [-0.05, 0) is 48.2 Å². The fraction of sp³-hybridized carbons (Fsp3) is 0.286. The lowest BCUT2D eigenvalue weighted by atomic mass is 10.1. The van der Waals surface area contributed by atoms with E-state index in [4.69, 9.17) is 14.2 Å². The summed E-state index contributed by atoms with van der Waals surface area (Å²) in [6.45, 7) is 6.50. The average molecular weight is 519 g/mol. The summed E-state index contributed by atoms with van der Waals surface area (Å²) in [6, 6.07) is 13.7. The fourth-order valence-electron chi connectivity index (χ4n) is 4.33. The quantitative estimate of drug-likeness (QED) is 0.321. The van der Waals surface area contributed by atoms with Crippen LogP contribution in [-0.4, -0.2) is 67.6 Å². The Bertz CT molecular complexity index is 1400. The van der Waals surface area contributed by atoms with Crippen LogP contribution in [0.3, 0.4) is 0 Å². The van der Waals surface area contributed by atoms with Crippen molar-refractivity contribution >= 4 is 46.0 Å². The van der Waals surface area contributed by atoms with Gasteiger partial charge < -0.3 is 19.5 Å². The molecule has 8 nitrogen and oxygen atoms in total. The van der Waals surface area contributed by atoms with E-state index >= 15 is 0 Å². The molecule has 192 valence electrons. The van der Waals surface area contributed by atoms with Gasteiger partial charge in [0.25, 0.3) is 5.91 Å². The molecule has 1 aliphatic rings. The first-order valence-electron chi connectivity index (χ1n) is 12.2. The SMILES string of the molecule is COc1c(OCCN2CCOCC2)ccc(/C=C/c2n[nH]c3ccccc23)c1NC(=O)c1sccc1C. The second-order valence-corrected chi connectivity index (χ2v) is 9.65. The van der Waals surface area contributed by atoms with Gasteiger partial charge in [0.2, 0.25) is 0 Å². The number of aromatic nitrogens is 2. The number of amides is 1. The molecule has 9 heteroatoms. The molecule has 2 N–H and O–H groups in total. The van der Waals surface area contributed by atoms with Crippen LogP contribution in [0.25, 0.3) is 23.1 Å². The minimum absolute atomic E-state index is 0.184. The number of fused-ring (bicyclic) bond motifs is 1. The normalized spacial score (nSPS) is 14.3. The second-order valence-electron chi connectivity index (χ2n) is 8.74. The van der Waals surface area contributed by atoms with Crippen molar-refractivity contribution in [1.29, 1.82) is 0 Å². The highest BCUT2D eigenvalue weighted by atomic mass is 32.1. The Balaban J connectivity index is 1.44. The number of aryl methyl sites for hydroxylation is 1. The van der Waals surface area contributed by atoms with Gasteiger partial charge in [-0.3, -0.25) is 14.8 Å². The van der Waals surface area contributed by atoms with Crippen molar-refractivity contribution in [3.63, 3.8) is 0 Å². The van der Waals surface area contributed by atoms with Gasteiger partial charge in [-0.2, -0.15) is 5.10 Å². The first-order chi connectivity index (χ1) is 18.1. The Labute approximate surface area is 219 Å². The number of nitrogens with one attached hydrogen (secondary N) is 2. The summed E-state index contributed by atoms with van der Waals surface area (Å²) < 4.78 is 17.3. The van der Waals surface area contributed by atoms with Crippen LogP contribution >= 0.6 is 11.3 Å². The number of H-pyrrole nitrogens is 1. The maximum atomic E-state index is 13.2. The zero-order chi connectivity index (χ0) is 25.6. The van der Waals surface area contributed by atoms with Crippen molar-refractivity contribution in [1.82, 2.24) is 15.1 Å². The highest BCUT2D eigenvalue weighted by Crippen LogP contribution is 2.39. The van der Waals surface area contributed by atoms with Crippen molar-refractivity contribution in [2.75, 3.05) is 51.9 Å². The number of methoxy groups -OCH3 is 1. The molecule has 3 heterocycles. The summed E-state index contributed by atoms with van der Waals surface area (Å²) >= 11 is 1.41. The molecule has 0 saturated carbocycles. The maximum absolute atomic E-state index is 13.2. The van der Waals surface area contributed by atoms with Gasteiger partial charge in [0.15, 0.2) is 11.5 Å². The van der Waals surface area contributed by atoms with E-state index in [2.05, 4.69) is 20.4 Å². The summed E-state index contributed by atoms with van der Waals surface area (Å²) in [5.41, 5.74) is 4.05. The van der Waals surface area contributed by atoms with E-state index in [1.165, 1.54) is 11.3 Å². The standard InChI is InChI=1S/C28H30N4O4S/c1-19-11-18-37-27(19)28(33)29-25-20(7-9-23-21-5-3-4-6-22(21)30-31-23)8-10-24(26(25)34-2)36-17-14-32-12-15-35-16-13-32/h3-11,18H,12-17H2,1-2H3,(H,29,33)(H,30,31)/b9-7+. The molecule has 4 aromatic rings. The van der Waals surface area contributed by atoms with Crippen LogP contribution < -0.4 is 14.8 Å². The number of hydrogen-bond acceptors (Lipinski definition) is 7. The Kier molecular flexibility index (Phi) is 7.84. The summed E-state index contributed by atoms with van der Waals surface area (Å²) in [5.74, 6) is 0.881. The molecule has 1 amide bonds. The third-order valence-electron chi connectivity index (χ3n) is 6.35. The van der Waals surface area contributed by atoms with E-state index in [1.807, 2.05) is 66.9 Å². The monoisotopic (exact) mass is 518 g/mol. The largest absolute Gasteiger partial charge is 0.491 e. The molecule has 0 bridgehead atoms. The number of carbonyl (C=O) groups excluding carboxylic acids is 1. The number of thiophene rings is 1. The summed E-state index contributed by atoms with van der Waals surface area (Å²) in [5, 5.41) is 13.5. The maximum Gasteiger partial charge on any atom is 0.266 e. The fourth-order valence-corrected chi connectivity index (χ4v) is 5.15. The molecular weight excluding hydrogens is 488 g/mol. The zero-order valence-electron chi connectivity index (χ0n) is 21.0. The third-order valence-corrected chi connectivity index (χ3v) is 7.37.